The van der Waals surface area contributed by atoms with E-state index >= 15 is 0 Å². The second kappa shape index (κ2) is 4.61. The molecule has 1 atom stereocenters. The van der Waals surface area contributed by atoms with Crippen LogP contribution in [0.1, 0.15) is 30.4 Å². The van der Waals surface area contributed by atoms with E-state index in [2.05, 4.69) is 6.92 Å². The molecule has 0 N–H and O–H groups in total. The highest BCUT2D eigenvalue weighted by Gasteiger charge is 2.08. The quantitative estimate of drug-likeness (QED) is 0.650. The van der Waals surface area contributed by atoms with Crippen LogP contribution in [0, 0.1) is 12.7 Å². The first-order chi connectivity index (χ1) is 6.19. The van der Waals surface area contributed by atoms with Gasteiger partial charge in [-0.15, -0.1) is 11.6 Å². The normalized spacial score (nSPS) is 12.9. The van der Waals surface area contributed by atoms with Crippen molar-refractivity contribution >= 4 is 11.6 Å². The third-order valence-electron chi connectivity index (χ3n) is 2.33. The molecule has 0 aliphatic rings. The smallest absolute Gasteiger partial charge is 0.126 e. The molecule has 0 nitrogen and oxygen atoms in total. The average Bonchev–Trinajstić information content (AvgIpc) is 2.13. The zero-order chi connectivity index (χ0) is 9.84. The summed E-state index contributed by atoms with van der Waals surface area (Å²) in [7, 11) is 0. The van der Waals surface area contributed by atoms with E-state index in [0.717, 1.165) is 12.0 Å². The summed E-state index contributed by atoms with van der Waals surface area (Å²) in [6.45, 7) is 3.87. The van der Waals surface area contributed by atoms with Gasteiger partial charge in [0, 0.05) is 5.88 Å². The Morgan fingerprint density at radius 2 is 2.15 bits per heavy atom. The van der Waals surface area contributed by atoms with Crippen LogP contribution in [-0.2, 0) is 0 Å². The van der Waals surface area contributed by atoms with Crippen LogP contribution in [0.2, 0.25) is 0 Å². The molecule has 0 bridgehead atoms. The Morgan fingerprint density at radius 3 is 2.62 bits per heavy atom. The molecule has 0 amide bonds. The number of hydrogen-bond acceptors (Lipinski definition) is 0. The van der Waals surface area contributed by atoms with Gasteiger partial charge in [-0.2, -0.15) is 0 Å². The summed E-state index contributed by atoms with van der Waals surface area (Å²) in [5, 5.41) is 0. The predicted octanol–water partition coefficient (Wildman–Crippen LogP) is 3.87. The summed E-state index contributed by atoms with van der Waals surface area (Å²) in [6.07, 6.45) is 0.995. The van der Waals surface area contributed by atoms with E-state index in [1.165, 1.54) is 6.07 Å². The molecule has 0 fully saturated rings. The van der Waals surface area contributed by atoms with Crippen molar-refractivity contribution in [2.24, 2.45) is 0 Å². The van der Waals surface area contributed by atoms with E-state index in [4.69, 9.17) is 11.6 Å². The first-order valence-electron chi connectivity index (χ1n) is 4.51. The van der Waals surface area contributed by atoms with Gasteiger partial charge in [0.05, 0.1) is 0 Å². The number of benzene rings is 1. The fourth-order valence-corrected chi connectivity index (χ4v) is 1.75. The Morgan fingerprint density at radius 1 is 1.46 bits per heavy atom. The molecule has 0 aliphatic heterocycles. The Labute approximate surface area is 83.7 Å². The van der Waals surface area contributed by atoms with E-state index < -0.39 is 0 Å². The van der Waals surface area contributed by atoms with E-state index in [1.807, 2.05) is 12.1 Å². The third kappa shape index (κ3) is 2.44. The molecule has 0 aromatic heterocycles. The third-order valence-corrected chi connectivity index (χ3v) is 2.70. The maximum absolute atomic E-state index is 12.9. The van der Waals surface area contributed by atoms with Crippen molar-refractivity contribution in [2.45, 2.75) is 26.2 Å². The largest absolute Gasteiger partial charge is 0.207 e. The maximum atomic E-state index is 12.9. The molecule has 0 aliphatic carbocycles. The van der Waals surface area contributed by atoms with Crippen molar-refractivity contribution in [3.8, 4) is 0 Å². The minimum Gasteiger partial charge on any atom is -0.207 e. The van der Waals surface area contributed by atoms with Crippen molar-refractivity contribution < 1.29 is 4.39 Å². The second-order valence-electron chi connectivity index (χ2n) is 3.27. The highest BCUT2D eigenvalue weighted by atomic mass is 35.5. The SMILES string of the molecule is CCC(CCl)c1ccc(F)c(C)c1. The molecule has 0 spiro atoms. The van der Waals surface area contributed by atoms with Crippen LogP contribution in [0.4, 0.5) is 4.39 Å². The Balaban J connectivity index is 2.95. The van der Waals surface area contributed by atoms with Gasteiger partial charge in [-0.1, -0.05) is 19.1 Å². The van der Waals surface area contributed by atoms with E-state index in [0.29, 0.717) is 17.4 Å². The van der Waals surface area contributed by atoms with Gasteiger partial charge in [-0.3, -0.25) is 0 Å². The molecular weight excluding hydrogens is 187 g/mol. The first-order valence-corrected chi connectivity index (χ1v) is 5.04. The number of halogens is 2. The summed E-state index contributed by atoms with van der Waals surface area (Å²) in [5.41, 5.74) is 1.83. The lowest BCUT2D eigenvalue weighted by Gasteiger charge is -2.12. The first kappa shape index (κ1) is 10.5. The lowest BCUT2D eigenvalue weighted by Crippen LogP contribution is -1.99. The van der Waals surface area contributed by atoms with Gasteiger partial charge in [0.15, 0.2) is 0 Å². The standard InChI is InChI=1S/C11H14ClF/c1-3-9(7-12)10-4-5-11(13)8(2)6-10/h4-6,9H,3,7H2,1-2H3. The number of hydrogen-bond donors (Lipinski definition) is 0. The molecule has 0 saturated heterocycles. The molecule has 0 saturated carbocycles. The Kier molecular flexibility index (Phi) is 3.73. The topological polar surface area (TPSA) is 0 Å². The minimum absolute atomic E-state index is 0.145. The van der Waals surface area contributed by atoms with Crippen molar-refractivity contribution in [1.82, 2.24) is 0 Å². The Hall–Kier alpha value is -0.560. The van der Waals surface area contributed by atoms with E-state index in [9.17, 15) is 4.39 Å². The molecule has 1 unspecified atom stereocenters. The van der Waals surface area contributed by atoms with E-state index in [1.54, 1.807) is 6.92 Å². The highest BCUT2D eigenvalue weighted by Crippen LogP contribution is 2.22. The van der Waals surface area contributed by atoms with Gasteiger partial charge >= 0.3 is 0 Å². The lowest BCUT2D eigenvalue weighted by molar-refractivity contribution is 0.615. The van der Waals surface area contributed by atoms with Crippen molar-refractivity contribution in [1.29, 1.82) is 0 Å². The number of aryl methyl sites for hydroxylation is 1. The number of rotatable bonds is 3. The fourth-order valence-electron chi connectivity index (χ4n) is 1.36. The van der Waals surface area contributed by atoms with Crippen molar-refractivity contribution in [2.75, 3.05) is 5.88 Å². The van der Waals surface area contributed by atoms with E-state index in [-0.39, 0.29) is 5.82 Å². The molecule has 0 heterocycles. The van der Waals surface area contributed by atoms with Gasteiger partial charge in [0.25, 0.3) is 0 Å². The van der Waals surface area contributed by atoms with Crippen LogP contribution in [0.3, 0.4) is 0 Å². The van der Waals surface area contributed by atoms with Gasteiger partial charge in [-0.25, -0.2) is 4.39 Å². The summed E-state index contributed by atoms with van der Waals surface area (Å²) in [6, 6.07) is 5.21. The van der Waals surface area contributed by atoms with Crippen molar-refractivity contribution in [3.05, 3.63) is 35.1 Å². The number of alkyl halides is 1. The van der Waals surface area contributed by atoms with Crippen LogP contribution in [0.15, 0.2) is 18.2 Å². The molecule has 72 valence electrons. The van der Waals surface area contributed by atoms with Crippen LogP contribution in [0.5, 0.6) is 0 Å². The van der Waals surface area contributed by atoms with Crippen LogP contribution < -0.4 is 0 Å². The zero-order valence-electron chi connectivity index (χ0n) is 7.98. The summed E-state index contributed by atoms with van der Waals surface area (Å²) >= 11 is 5.80. The fraction of sp³-hybridized carbons (Fsp3) is 0.455. The second-order valence-corrected chi connectivity index (χ2v) is 3.58. The predicted molar refractivity (Wildman–Crippen MR) is 54.9 cm³/mol. The molecule has 13 heavy (non-hydrogen) atoms. The van der Waals surface area contributed by atoms with Gasteiger partial charge in [-0.05, 0) is 36.5 Å². The molecule has 1 aromatic rings. The lowest BCUT2D eigenvalue weighted by atomic mass is 9.97. The van der Waals surface area contributed by atoms with Crippen molar-refractivity contribution in [3.63, 3.8) is 0 Å². The monoisotopic (exact) mass is 200 g/mol. The van der Waals surface area contributed by atoms with Gasteiger partial charge in [0.2, 0.25) is 0 Å². The highest BCUT2D eigenvalue weighted by molar-refractivity contribution is 6.18. The molecule has 0 radical (unpaired) electrons. The molecule has 1 rings (SSSR count). The summed E-state index contributed by atoms with van der Waals surface area (Å²) in [5.74, 6) is 0.802. The zero-order valence-corrected chi connectivity index (χ0v) is 8.74. The van der Waals surface area contributed by atoms with Crippen LogP contribution >= 0.6 is 11.6 Å². The van der Waals surface area contributed by atoms with Gasteiger partial charge in [0.1, 0.15) is 5.82 Å². The summed E-state index contributed by atoms with van der Waals surface area (Å²) < 4.78 is 12.9. The molecular formula is C11H14ClF. The van der Waals surface area contributed by atoms with Gasteiger partial charge < -0.3 is 0 Å². The molecule has 1 aromatic carbocycles. The van der Waals surface area contributed by atoms with Crippen LogP contribution in [0.25, 0.3) is 0 Å². The summed E-state index contributed by atoms with van der Waals surface area (Å²) in [4.78, 5) is 0. The van der Waals surface area contributed by atoms with Crippen LogP contribution in [-0.4, -0.2) is 5.88 Å². The molecule has 2 heteroatoms. The maximum Gasteiger partial charge on any atom is 0.126 e. The Bertz CT molecular complexity index is 279. The minimum atomic E-state index is -0.145. The average molecular weight is 201 g/mol.